The van der Waals surface area contributed by atoms with Crippen molar-refractivity contribution in [2.45, 2.75) is 34.2 Å². The average molecular weight is 281 g/mol. The molecule has 3 heteroatoms. The van der Waals surface area contributed by atoms with Gasteiger partial charge < -0.3 is 11.1 Å². The number of nitrogens with two attached hydrogens (primary N) is 1. The molecule has 0 bridgehead atoms. The first-order valence-electron chi connectivity index (χ1n) is 7.16. The van der Waals surface area contributed by atoms with E-state index in [-0.39, 0.29) is 0 Å². The lowest BCUT2D eigenvalue weighted by molar-refractivity contribution is 1.02. The number of nitrogens with zero attached hydrogens (tertiary/aromatic N) is 1. The second-order valence-electron chi connectivity index (χ2n) is 5.57. The van der Waals surface area contributed by atoms with Gasteiger partial charge in [-0.15, -0.1) is 0 Å². The van der Waals surface area contributed by atoms with Gasteiger partial charge in [-0.3, -0.25) is 0 Å². The van der Waals surface area contributed by atoms with E-state index in [2.05, 4.69) is 50.1 Å². The molecule has 2 aromatic carbocycles. The number of aryl methyl sites for hydroxylation is 4. The first-order chi connectivity index (χ1) is 9.95. The summed E-state index contributed by atoms with van der Waals surface area (Å²) in [6.45, 7) is 9.01. The molecule has 0 saturated carbocycles. The molecule has 0 aliphatic heterocycles. The minimum absolute atomic E-state index is 0.443. The third-order valence-corrected chi connectivity index (χ3v) is 3.57. The second-order valence-corrected chi connectivity index (χ2v) is 5.57. The minimum Gasteiger partial charge on any atom is -0.370 e. The van der Waals surface area contributed by atoms with E-state index < -0.39 is 0 Å². The Hall–Kier alpha value is -2.29. The molecule has 0 aliphatic rings. The number of nitrogens with one attached hydrogen (secondary N) is 1. The zero-order valence-electron chi connectivity index (χ0n) is 13.2. The highest BCUT2D eigenvalue weighted by Crippen LogP contribution is 2.17. The van der Waals surface area contributed by atoms with Gasteiger partial charge in [-0.05, 0) is 56.5 Å². The molecule has 0 aliphatic carbocycles. The van der Waals surface area contributed by atoms with Gasteiger partial charge in [-0.2, -0.15) is 0 Å². The van der Waals surface area contributed by atoms with E-state index in [1.165, 1.54) is 27.8 Å². The molecule has 0 fully saturated rings. The highest BCUT2D eigenvalue weighted by atomic mass is 15.1. The molecule has 0 heterocycles. The van der Waals surface area contributed by atoms with Gasteiger partial charge in [-0.25, -0.2) is 4.99 Å². The summed E-state index contributed by atoms with van der Waals surface area (Å²) in [5, 5.41) is 3.12. The van der Waals surface area contributed by atoms with Crippen LogP contribution in [0.4, 0.5) is 5.69 Å². The molecule has 3 nitrogen and oxygen atoms in total. The average Bonchev–Trinajstić information content (AvgIpc) is 2.40. The Morgan fingerprint density at radius 2 is 1.52 bits per heavy atom. The van der Waals surface area contributed by atoms with Crippen molar-refractivity contribution < 1.29 is 0 Å². The number of aliphatic imine (C=N–C) groups is 1. The van der Waals surface area contributed by atoms with Gasteiger partial charge in [0, 0.05) is 5.69 Å². The quantitative estimate of drug-likeness (QED) is 0.663. The summed E-state index contributed by atoms with van der Waals surface area (Å²) in [6.07, 6.45) is 0. The Labute approximate surface area is 126 Å². The van der Waals surface area contributed by atoms with E-state index in [1.54, 1.807) is 0 Å². The Morgan fingerprint density at radius 3 is 2.10 bits per heavy atom. The van der Waals surface area contributed by atoms with Gasteiger partial charge in [0.05, 0.1) is 6.54 Å². The van der Waals surface area contributed by atoms with Gasteiger partial charge in [0.1, 0.15) is 0 Å². The molecule has 2 rings (SSSR count). The Kier molecular flexibility index (Phi) is 4.63. The fourth-order valence-corrected chi connectivity index (χ4v) is 2.45. The molecule has 2 aromatic rings. The van der Waals surface area contributed by atoms with Crippen LogP contribution in [0.25, 0.3) is 0 Å². The molecular weight excluding hydrogens is 258 g/mol. The van der Waals surface area contributed by atoms with Gasteiger partial charge >= 0.3 is 0 Å². The summed E-state index contributed by atoms with van der Waals surface area (Å²) >= 11 is 0. The van der Waals surface area contributed by atoms with Crippen molar-refractivity contribution in [3.05, 3.63) is 64.2 Å². The van der Waals surface area contributed by atoms with Crippen LogP contribution >= 0.6 is 0 Å². The van der Waals surface area contributed by atoms with Crippen molar-refractivity contribution in [2.24, 2.45) is 10.7 Å². The third-order valence-electron chi connectivity index (χ3n) is 3.57. The topological polar surface area (TPSA) is 50.4 Å². The number of rotatable bonds is 3. The largest absolute Gasteiger partial charge is 0.370 e. The first kappa shape index (κ1) is 15.1. The molecule has 3 N–H and O–H groups in total. The van der Waals surface area contributed by atoms with Gasteiger partial charge in [0.15, 0.2) is 5.96 Å². The predicted octanol–water partition coefficient (Wildman–Crippen LogP) is 3.85. The van der Waals surface area contributed by atoms with Crippen LogP contribution in [-0.2, 0) is 6.54 Å². The Balaban J connectivity index is 2.08. The maximum absolute atomic E-state index is 5.96. The first-order valence-corrected chi connectivity index (χ1v) is 7.16. The monoisotopic (exact) mass is 281 g/mol. The van der Waals surface area contributed by atoms with Crippen LogP contribution in [0.1, 0.15) is 27.8 Å². The summed E-state index contributed by atoms with van der Waals surface area (Å²) < 4.78 is 0. The maximum Gasteiger partial charge on any atom is 0.193 e. The fourth-order valence-electron chi connectivity index (χ4n) is 2.45. The summed E-state index contributed by atoms with van der Waals surface area (Å²) in [6, 6.07) is 12.5. The number of benzene rings is 2. The van der Waals surface area contributed by atoms with E-state index in [0.29, 0.717) is 12.5 Å². The molecular formula is C18H23N3. The number of anilines is 1. The molecule has 0 spiro atoms. The zero-order valence-corrected chi connectivity index (χ0v) is 13.2. The molecule has 110 valence electrons. The summed E-state index contributed by atoms with van der Waals surface area (Å²) in [5.74, 6) is 0.443. The van der Waals surface area contributed by atoms with Gasteiger partial charge in [-0.1, -0.05) is 35.4 Å². The molecule has 0 aromatic heterocycles. The summed E-state index contributed by atoms with van der Waals surface area (Å²) in [7, 11) is 0. The molecule has 0 amide bonds. The third kappa shape index (κ3) is 4.09. The van der Waals surface area contributed by atoms with Crippen LogP contribution in [0.15, 0.2) is 41.4 Å². The van der Waals surface area contributed by atoms with Crippen molar-refractivity contribution in [3.63, 3.8) is 0 Å². The molecule has 21 heavy (non-hydrogen) atoms. The molecule has 0 saturated heterocycles. The lowest BCUT2D eigenvalue weighted by Crippen LogP contribution is -2.22. The Morgan fingerprint density at radius 1 is 0.952 bits per heavy atom. The van der Waals surface area contributed by atoms with Crippen molar-refractivity contribution in [2.75, 3.05) is 5.32 Å². The summed E-state index contributed by atoms with van der Waals surface area (Å²) in [5.41, 5.74) is 13.2. The van der Waals surface area contributed by atoms with Crippen molar-refractivity contribution >= 4 is 11.6 Å². The van der Waals surface area contributed by atoms with Crippen molar-refractivity contribution in [3.8, 4) is 0 Å². The van der Waals surface area contributed by atoms with E-state index >= 15 is 0 Å². The van der Waals surface area contributed by atoms with Crippen LogP contribution in [0.3, 0.4) is 0 Å². The van der Waals surface area contributed by atoms with E-state index in [9.17, 15) is 0 Å². The van der Waals surface area contributed by atoms with Crippen LogP contribution in [0.5, 0.6) is 0 Å². The number of hydrogen-bond donors (Lipinski definition) is 2. The number of hydrogen-bond acceptors (Lipinski definition) is 1. The minimum atomic E-state index is 0.443. The second kappa shape index (κ2) is 6.44. The SMILES string of the molecule is Cc1ccc(NC(N)=NCc2c(C)cc(C)cc2C)cc1. The van der Waals surface area contributed by atoms with Crippen molar-refractivity contribution in [1.29, 1.82) is 0 Å². The highest BCUT2D eigenvalue weighted by Gasteiger charge is 2.03. The normalized spacial score (nSPS) is 11.5. The Bertz CT molecular complexity index is 632. The van der Waals surface area contributed by atoms with Crippen LogP contribution in [-0.4, -0.2) is 5.96 Å². The summed E-state index contributed by atoms with van der Waals surface area (Å²) in [4.78, 5) is 4.45. The van der Waals surface area contributed by atoms with Crippen LogP contribution in [0.2, 0.25) is 0 Å². The molecule has 0 unspecified atom stereocenters. The lowest BCUT2D eigenvalue weighted by Gasteiger charge is -2.10. The number of guanidine groups is 1. The molecule has 0 radical (unpaired) electrons. The standard InChI is InChI=1S/C18H23N3/c1-12-5-7-16(8-6-12)21-18(19)20-11-17-14(3)9-13(2)10-15(17)4/h5-10H,11H2,1-4H3,(H3,19,20,21). The van der Waals surface area contributed by atoms with Gasteiger partial charge in [0.2, 0.25) is 0 Å². The fraction of sp³-hybridized carbons (Fsp3) is 0.278. The van der Waals surface area contributed by atoms with Gasteiger partial charge in [0.25, 0.3) is 0 Å². The predicted molar refractivity (Wildman–Crippen MR) is 90.8 cm³/mol. The van der Waals surface area contributed by atoms with E-state index in [1.807, 2.05) is 24.3 Å². The smallest absolute Gasteiger partial charge is 0.193 e. The van der Waals surface area contributed by atoms with Crippen molar-refractivity contribution in [1.82, 2.24) is 0 Å². The van der Waals surface area contributed by atoms with Crippen LogP contribution < -0.4 is 11.1 Å². The van der Waals surface area contributed by atoms with E-state index in [0.717, 1.165) is 5.69 Å². The lowest BCUT2D eigenvalue weighted by atomic mass is 10.00. The van der Waals surface area contributed by atoms with Crippen LogP contribution in [0, 0.1) is 27.7 Å². The zero-order chi connectivity index (χ0) is 15.4. The maximum atomic E-state index is 5.96. The highest BCUT2D eigenvalue weighted by molar-refractivity contribution is 5.92. The molecule has 0 atom stereocenters. The van der Waals surface area contributed by atoms with E-state index in [4.69, 9.17) is 5.73 Å².